The molecule has 1 atom stereocenters. The van der Waals surface area contributed by atoms with Crippen molar-refractivity contribution in [1.82, 2.24) is 15.7 Å². The Morgan fingerprint density at radius 2 is 2.40 bits per heavy atom. The molecular formula is C6H10ClF2N5O. The lowest BCUT2D eigenvalue weighted by atomic mass is 10.6. The topological polar surface area (TPSA) is 61.2 Å². The zero-order valence-corrected chi connectivity index (χ0v) is 8.79. The van der Waals surface area contributed by atoms with Gasteiger partial charge in [0.15, 0.2) is 0 Å². The normalized spacial score (nSPS) is 24.4. The number of hydrogen-bond acceptors (Lipinski definition) is 4. The number of halogens is 3. The molecule has 0 spiro atoms. The van der Waals surface area contributed by atoms with Gasteiger partial charge in [-0.3, -0.25) is 15.6 Å². The first kappa shape index (κ1) is 12.1. The Balaban J connectivity index is 2.87. The van der Waals surface area contributed by atoms with Gasteiger partial charge < -0.3 is 0 Å². The highest BCUT2D eigenvalue weighted by Crippen LogP contribution is 2.10. The second kappa shape index (κ2) is 5.19. The Morgan fingerprint density at radius 1 is 1.73 bits per heavy atom. The highest BCUT2D eigenvalue weighted by molar-refractivity contribution is 6.66. The SMILES string of the molecule is CN=C1NC(Cl)=NC(NC)N1OC(F)F. The summed E-state index contributed by atoms with van der Waals surface area (Å²) in [7, 11) is 2.94. The quantitative estimate of drug-likeness (QED) is 0.690. The Morgan fingerprint density at radius 3 is 2.87 bits per heavy atom. The van der Waals surface area contributed by atoms with Crippen molar-refractivity contribution in [2.45, 2.75) is 12.9 Å². The second-order valence-corrected chi connectivity index (χ2v) is 2.80. The predicted molar refractivity (Wildman–Crippen MR) is 51.6 cm³/mol. The predicted octanol–water partition coefficient (Wildman–Crippen LogP) is 0.129. The molecule has 0 amide bonds. The molecular weight excluding hydrogens is 232 g/mol. The van der Waals surface area contributed by atoms with E-state index < -0.39 is 12.9 Å². The van der Waals surface area contributed by atoms with Crippen LogP contribution in [0, 0.1) is 0 Å². The van der Waals surface area contributed by atoms with Crippen molar-refractivity contribution in [1.29, 1.82) is 0 Å². The summed E-state index contributed by atoms with van der Waals surface area (Å²) in [5.74, 6) is 0.0506. The summed E-state index contributed by atoms with van der Waals surface area (Å²) in [6, 6.07) is 0. The summed E-state index contributed by atoms with van der Waals surface area (Å²) < 4.78 is 24.2. The lowest BCUT2D eigenvalue weighted by Gasteiger charge is -2.32. The largest absolute Gasteiger partial charge is 0.365 e. The van der Waals surface area contributed by atoms with Gasteiger partial charge in [-0.15, -0.1) is 0 Å². The van der Waals surface area contributed by atoms with Crippen molar-refractivity contribution < 1.29 is 13.6 Å². The molecule has 86 valence electrons. The summed E-state index contributed by atoms with van der Waals surface area (Å²) in [5.41, 5.74) is 0. The van der Waals surface area contributed by atoms with Crippen molar-refractivity contribution in [3.8, 4) is 0 Å². The number of aliphatic imine (C=N–C) groups is 2. The van der Waals surface area contributed by atoms with Crippen molar-refractivity contribution in [2.75, 3.05) is 14.1 Å². The summed E-state index contributed by atoms with van der Waals surface area (Å²) in [5, 5.41) is 5.96. The fourth-order valence-electron chi connectivity index (χ4n) is 0.985. The van der Waals surface area contributed by atoms with E-state index in [2.05, 4.69) is 25.5 Å². The third-order valence-electron chi connectivity index (χ3n) is 1.54. The van der Waals surface area contributed by atoms with Gasteiger partial charge in [-0.25, -0.2) is 4.99 Å². The van der Waals surface area contributed by atoms with Gasteiger partial charge in [-0.05, 0) is 18.6 Å². The van der Waals surface area contributed by atoms with E-state index in [0.29, 0.717) is 0 Å². The van der Waals surface area contributed by atoms with Gasteiger partial charge in [0.25, 0.3) is 0 Å². The van der Waals surface area contributed by atoms with Gasteiger partial charge in [0, 0.05) is 7.05 Å². The van der Waals surface area contributed by atoms with Gasteiger partial charge in [0.2, 0.25) is 17.5 Å². The highest BCUT2D eigenvalue weighted by Gasteiger charge is 2.29. The molecule has 0 aromatic heterocycles. The monoisotopic (exact) mass is 241 g/mol. The minimum atomic E-state index is -2.97. The number of amidine groups is 1. The van der Waals surface area contributed by atoms with Gasteiger partial charge >= 0.3 is 6.61 Å². The zero-order chi connectivity index (χ0) is 11.4. The summed E-state index contributed by atoms with van der Waals surface area (Å²) in [4.78, 5) is 11.7. The zero-order valence-electron chi connectivity index (χ0n) is 8.04. The standard InChI is InChI=1S/C6H10ClF2N5O/c1-10-5-12-3(7)13-6(11-2)14(5)15-4(8)9/h4-5,10H,1-2H3,(H,11,12,13). The van der Waals surface area contributed by atoms with Crippen molar-refractivity contribution in [3.63, 3.8) is 0 Å². The number of nitrogens with one attached hydrogen (secondary N) is 2. The molecule has 1 aliphatic rings. The van der Waals surface area contributed by atoms with Crippen LogP contribution in [0.15, 0.2) is 9.98 Å². The van der Waals surface area contributed by atoms with Crippen molar-refractivity contribution >= 4 is 22.9 Å². The van der Waals surface area contributed by atoms with E-state index in [-0.39, 0.29) is 11.3 Å². The second-order valence-electron chi connectivity index (χ2n) is 2.45. The molecule has 1 unspecified atom stereocenters. The summed E-state index contributed by atoms with van der Waals surface area (Å²) in [6.45, 7) is -2.97. The molecule has 0 radical (unpaired) electrons. The molecule has 0 aromatic rings. The van der Waals surface area contributed by atoms with Crippen LogP contribution in [0.4, 0.5) is 8.78 Å². The fourth-order valence-corrected chi connectivity index (χ4v) is 1.16. The average molecular weight is 242 g/mol. The number of hydrogen-bond donors (Lipinski definition) is 2. The van der Waals surface area contributed by atoms with Crippen LogP contribution >= 0.6 is 11.6 Å². The molecule has 15 heavy (non-hydrogen) atoms. The van der Waals surface area contributed by atoms with Gasteiger partial charge in [0.05, 0.1) is 0 Å². The summed E-state index contributed by atoms with van der Waals surface area (Å²) >= 11 is 5.61. The maximum atomic E-state index is 12.1. The van der Waals surface area contributed by atoms with E-state index in [1.807, 2.05) is 0 Å². The molecule has 6 nitrogen and oxygen atoms in total. The molecule has 0 aromatic carbocycles. The van der Waals surface area contributed by atoms with Crippen LogP contribution in [-0.4, -0.2) is 43.3 Å². The fraction of sp³-hybridized carbons (Fsp3) is 0.667. The van der Waals surface area contributed by atoms with E-state index >= 15 is 0 Å². The first-order valence-corrected chi connectivity index (χ1v) is 4.34. The van der Waals surface area contributed by atoms with Gasteiger partial charge in [-0.1, -0.05) is 0 Å². The number of guanidine groups is 1. The van der Waals surface area contributed by atoms with Crippen LogP contribution in [0.2, 0.25) is 0 Å². The van der Waals surface area contributed by atoms with Crippen LogP contribution in [0.5, 0.6) is 0 Å². The van der Waals surface area contributed by atoms with E-state index in [4.69, 9.17) is 11.6 Å². The molecule has 0 fully saturated rings. The number of nitrogens with zero attached hydrogens (tertiary/aromatic N) is 3. The molecule has 0 aliphatic carbocycles. The number of alkyl halides is 2. The highest BCUT2D eigenvalue weighted by atomic mass is 35.5. The number of rotatable bonds is 3. The molecule has 0 saturated heterocycles. The van der Waals surface area contributed by atoms with Crippen molar-refractivity contribution in [2.24, 2.45) is 9.98 Å². The maximum absolute atomic E-state index is 12.1. The van der Waals surface area contributed by atoms with Crippen LogP contribution < -0.4 is 10.6 Å². The third kappa shape index (κ3) is 2.98. The Labute approximate surface area is 89.9 Å². The minimum Gasteiger partial charge on any atom is -0.299 e. The molecule has 0 bridgehead atoms. The van der Waals surface area contributed by atoms with Gasteiger partial charge in [-0.2, -0.15) is 18.7 Å². The van der Waals surface area contributed by atoms with Gasteiger partial charge in [0.1, 0.15) is 0 Å². The molecule has 1 aliphatic heterocycles. The third-order valence-corrected chi connectivity index (χ3v) is 1.74. The molecule has 9 heteroatoms. The average Bonchev–Trinajstić information content (AvgIpc) is 2.19. The van der Waals surface area contributed by atoms with Crippen LogP contribution in [0.3, 0.4) is 0 Å². The Kier molecular flexibility index (Phi) is 4.18. The Hall–Kier alpha value is -0.990. The minimum absolute atomic E-state index is 0.0454. The maximum Gasteiger partial charge on any atom is 0.365 e. The Bertz CT molecular complexity index is 285. The van der Waals surface area contributed by atoms with E-state index in [1.165, 1.54) is 14.1 Å². The number of hydroxylamine groups is 2. The lowest BCUT2D eigenvalue weighted by molar-refractivity contribution is -0.267. The van der Waals surface area contributed by atoms with Crippen LogP contribution in [0.1, 0.15) is 0 Å². The van der Waals surface area contributed by atoms with E-state index in [0.717, 1.165) is 5.06 Å². The summed E-state index contributed by atoms with van der Waals surface area (Å²) in [6.07, 6.45) is -0.841. The smallest absolute Gasteiger partial charge is 0.299 e. The van der Waals surface area contributed by atoms with Crippen LogP contribution in [-0.2, 0) is 4.84 Å². The lowest BCUT2D eigenvalue weighted by Crippen LogP contribution is -2.56. The molecule has 2 N–H and O–H groups in total. The van der Waals surface area contributed by atoms with Crippen molar-refractivity contribution in [3.05, 3.63) is 0 Å². The molecule has 0 saturated carbocycles. The van der Waals surface area contributed by atoms with E-state index in [9.17, 15) is 8.78 Å². The first-order chi connectivity index (χ1) is 7.08. The molecule has 1 heterocycles. The van der Waals surface area contributed by atoms with Crippen LogP contribution in [0.25, 0.3) is 0 Å². The molecule has 1 rings (SSSR count). The first-order valence-electron chi connectivity index (χ1n) is 3.97. The van der Waals surface area contributed by atoms with E-state index in [1.54, 1.807) is 0 Å².